The average molecular weight is 251 g/mol. The first-order valence-electron chi connectivity index (χ1n) is 7.59. The van der Waals surface area contributed by atoms with E-state index in [1.165, 1.54) is 13.0 Å². The van der Waals surface area contributed by atoms with Crippen LogP contribution in [0.5, 0.6) is 0 Å². The van der Waals surface area contributed by atoms with Crippen molar-refractivity contribution in [1.29, 1.82) is 0 Å². The van der Waals surface area contributed by atoms with Gasteiger partial charge in [-0.3, -0.25) is 4.90 Å². The molecule has 1 saturated heterocycles. The second-order valence-corrected chi connectivity index (χ2v) is 9.56. The van der Waals surface area contributed by atoms with Gasteiger partial charge in [0.15, 0.2) is 0 Å². The van der Waals surface area contributed by atoms with Crippen LogP contribution in [0.3, 0.4) is 0 Å². The van der Waals surface area contributed by atoms with Crippen LogP contribution in [0.15, 0.2) is 0 Å². The Labute approximate surface area is 114 Å². The Morgan fingerprint density at radius 2 is 1.44 bits per heavy atom. The van der Waals surface area contributed by atoms with Crippen molar-refractivity contribution in [3.05, 3.63) is 0 Å². The number of likely N-dealkylation sites (tertiary alicyclic amines) is 1. The minimum absolute atomic E-state index is 0.295. The SMILES string of the molecule is CC(C)(C)C1C[C@]2(C)N(C(C)(C)C)C[C@H]1C2(C)C. The smallest absolute Gasteiger partial charge is 0.0243 e. The summed E-state index contributed by atoms with van der Waals surface area (Å²) in [6.07, 6.45) is 1.37. The van der Waals surface area contributed by atoms with Crippen molar-refractivity contribution in [1.82, 2.24) is 4.90 Å². The molecule has 18 heavy (non-hydrogen) atoms. The fourth-order valence-corrected chi connectivity index (χ4v) is 4.87. The Morgan fingerprint density at radius 3 is 1.72 bits per heavy atom. The highest BCUT2D eigenvalue weighted by Crippen LogP contribution is 2.65. The highest BCUT2D eigenvalue weighted by atomic mass is 15.3. The van der Waals surface area contributed by atoms with E-state index < -0.39 is 0 Å². The van der Waals surface area contributed by atoms with Gasteiger partial charge in [-0.05, 0) is 56.8 Å². The quantitative estimate of drug-likeness (QED) is 0.609. The largest absolute Gasteiger partial charge is 0.292 e. The highest BCUT2D eigenvalue weighted by molar-refractivity contribution is 5.19. The standard InChI is InChI=1S/C17H33N/c1-14(2,3)12-10-17(9)16(7,8)13(12)11-18(17)15(4,5)6/h12-13H,10-11H2,1-9H3/t12?,13-,17+/m1/s1. The van der Waals surface area contributed by atoms with E-state index in [1.807, 2.05) is 0 Å². The second kappa shape index (κ2) is 3.53. The maximum Gasteiger partial charge on any atom is 0.0243 e. The number of hydrogen-bond acceptors (Lipinski definition) is 1. The lowest BCUT2D eigenvalue weighted by Crippen LogP contribution is -2.57. The van der Waals surface area contributed by atoms with Gasteiger partial charge in [-0.15, -0.1) is 0 Å². The normalized spacial score (nSPS) is 40.5. The van der Waals surface area contributed by atoms with E-state index in [0.717, 1.165) is 11.8 Å². The van der Waals surface area contributed by atoms with Crippen LogP contribution in [0, 0.1) is 22.7 Å². The first-order valence-corrected chi connectivity index (χ1v) is 7.59. The van der Waals surface area contributed by atoms with Crippen LogP contribution in [0.2, 0.25) is 0 Å². The molecular weight excluding hydrogens is 218 g/mol. The van der Waals surface area contributed by atoms with Crippen molar-refractivity contribution in [3.8, 4) is 0 Å². The van der Waals surface area contributed by atoms with E-state index in [1.54, 1.807) is 0 Å². The molecule has 1 heteroatoms. The molecule has 1 aliphatic heterocycles. The second-order valence-electron chi connectivity index (χ2n) is 9.56. The molecule has 2 rings (SSSR count). The fraction of sp³-hybridized carbons (Fsp3) is 1.00. The van der Waals surface area contributed by atoms with Crippen LogP contribution in [-0.2, 0) is 0 Å². The third-order valence-electron chi connectivity index (χ3n) is 6.32. The summed E-state index contributed by atoms with van der Waals surface area (Å²) in [5.74, 6) is 1.72. The molecule has 106 valence electrons. The number of nitrogens with zero attached hydrogens (tertiary/aromatic N) is 1. The van der Waals surface area contributed by atoms with Gasteiger partial charge in [0.2, 0.25) is 0 Å². The third-order valence-corrected chi connectivity index (χ3v) is 6.32. The number of rotatable bonds is 0. The van der Waals surface area contributed by atoms with E-state index in [2.05, 4.69) is 67.2 Å². The summed E-state index contributed by atoms with van der Waals surface area (Å²) in [7, 11) is 0. The van der Waals surface area contributed by atoms with Crippen molar-refractivity contribution in [3.63, 3.8) is 0 Å². The zero-order chi connectivity index (χ0) is 14.1. The molecule has 0 radical (unpaired) electrons. The van der Waals surface area contributed by atoms with Crippen LogP contribution in [0.1, 0.15) is 68.7 Å². The Bertz CT molecular complexity index is 342. The van der Waals surface area contributed by atoms with E-state index in [4.69, 9.17) is 0 Å². The molecule has 2 bridgehead atoms. The van der Waals surface area contributed by atoms with Crippen LogP contribution >= 0.6 is 0 Å². The van der Waals surface area contributed by atoms with Crippen LogP contribution in [0.4, 0.5) is 0 Å². The van der Waals surface area contributed by atoms with Gasteiger partial charge in [0, 0.05) is 17.6 Å². The number of fused-ring (bicyclic) bond motifs is 2. The van der Waals surface area contributed by atoms with Gasteiger partial charge in [-0.1, -0.05) is 34.6 Å². The third kappa shape index (κ3) is 1.69. The minimum atomic E-state index is 0.295. The highest BCUT2D eigenvalue weighted by Gasteiger charge is 2.67. The Balaban J connectivity index is 2.40. The van der Waals surface area contributed by atoms with Gasteiger partial charge in [-0.25, -0.2) is 0 Å². The molecule has 0 N–H and O–H groups in total. The Kier molecular flexibility index (Phi) is 2.82. The molecule has 0 spiro atoms. The molecule has 0 aromatic carbocycles. The van der Waals surface area contributed by atoms with Crippen molar-refractivity contribution in [2.24, 2.45) is 22.7 Å². The average Bonchev–Trinajstić information content (AvgIpc) is 2.43. The first-order chi connectivity index (χ1) is 7.82. The summed E-state index contributed by atoms with van der Waals surface area (Å²) in [5.41, 5.74) is 1.55. The van der Waals surface area contributed by atoms with E-state index in [0.29, 0.717) is 21.9 Å². The molecule has 1 aliphatic carbocycles. The molecule has 2 aliphatic rings. The summed E-state index contributed by atoms with van der Waals surface area (Å²) in [5, 5.41) is 0. The molecule has 1 saturated carbocycles. The number of piperidine rings is 1. The van der Waals surface area contributed by atoms with Crippen molar-refractivity contribution in [2.45, 2.75) is 79.8 Å². The fourth-order valence-electron chi connectivity index (χ4n) is 4.87. The molecule has 2 fully saturated rings. The monoisotopic (exact) mass is 251 g/mol. The summed E-state index contributed by atoms with van der Waals surface area (Å²) in [4.78, 5) is 2.78. The summed E-state index contributed by atoms with van der Waals surface area (Å²) < 4.78 is 0. The molecule has 0 aromatic heterocycles. The molecule has 1 unspecified atom stereocenters. The molecule has 0 aromatic rings. The molecule has 0 amide bonds. The van der Waals surface area contributed by atoms with Crippen LogP contribution in [-0.4, -0.2) is 22.5 Å². The van der Waals surface area contributed by atoms with E-state index in [-0.39, 0.29) is 0 Å². The topological polar surface area (TPSA) is 3.24 Å². The maximum absolute atomic E-state index is 2.78. The Morgan fingerprint density at radius 1 is 0.944 bits per heavy atom. The predicted octanol–water partition coefficient (Wildman–Crippen LogP) is 4.57. The minimum Gasteiger partial charge on any atom is -0.292 e. The Hall–Kier alpha value is -0.0400. The predicted molar refractivity (Wildman–Crippen MR) is 79.7 cm³/mol. The van der Waals surface area contributed by atoms with Crippen molar-refractivity contribution >= 4 is 0 Å². The lowest BCUT2D eigenvalue weighted by Gasteiger charge is -2.50. The van der Waals surface area contributed by atoms with E-state index >= 15 is 0 Å². The van der Waals surface area contributed by atoms with Crippen LogP contribution < -0.4 is 0 Å². The van der Waals surface area contributed by atoms with Crippen molar-refractivity contribution < 1.29 is 0 Å². The maximum atomic E-state index is 2.78. The molecular formula is C17H33N. The zero-order valence-corrected chi connectivity index (χ0v) is 14.0. The lowest BCUT2D eigenvalue weighted by atomic mass is 9.70. The van der Waals surface area contributed by atoms with Gasteiger partial charge in [-0.2, -0.15) is 0 Å². The van der Waals surface area contributed by atoms with Crippen molar-refractivity contribution in [2.75, 3.05) is 6.54 Å². The molecule has 1 heterocycles. The van der Waals surface area contributed by atoms with Gasteiger partial charge < -0.3 is 0 Å². The molecule has 3 atom stereocenters. The molecule has 1 nitrogen and oxygen atoms in total. The number of hydrogen-bond donors (Lipinski definition) is 0. The lowest BCUT2D eigenvalue weighted by molar-refractivity contribution is -0.0119. The van der Waals surface area contributed by atoms with Gasteiger partial charge in [0.05, 0.1) is 0 Å². The van der Waals surface area contributed by atoms with Gasteiger partial charge >= 0.3 is 0 Å². The van der Waals surface area contributed by atoms with Gasteiger partial charge in [0.25, 0.3) is 0 Å². The van der Waals surface area contributed by atoms with E-state index in [9.17, 15) is 0 Å². The van der Waals surface area contributed by atoms with Gasteiger partial charge in [0.1, 0.15) is 0 Å². The summed E-state index contributed by atoms with van der Waals surface area (Å²) >= 11 is 0. The summed E-state index contributed by atoms with van der Waals surface area (Å²) in [6, 6.07) is 0. The van der Waals surface area contributed by atoms with Crippen LogP contribution in [0.25, 0.3) is 0 Å². The zero-order valence-electron chi connectivity index (χ0n) is 14.0. The first kappa shape index (κ1) is 14.4. The summed E-state index contributed by atoms with van der Waals surface area (Å²) in [6.45, 7) is 23.2.